The van der Waals surface area contributed by atoms with E-state index < -0.39 is 58.0 Å². The Bertz CT molecular complexity index is 1380. The monoisotopic (exact) mass is 554 g/mol. The molecule has 6 N–H and O–H groups in total. The van der Waals surface area contributed by atoms with Crippen LogP contribution in [-0.2, 0) is 16.0 Å². The van der Waals surface area contributed by atoms with Crippen LogP contribution in [0.2, 0.25) is 0 Å². The van der Waals surface area contributed by atoms with Crippen LogP contribution in [0.15, 0.2) is 28.7 Å². The van der Waals surface area contributed by atoms with E-state index in [9.17, 15) is 34.8 Å². The lowest BCUT2D eigenvalue weighted by atomic mass is 9.58. The average molecular weight is 555 g/mol. The van der Waals surface area contributed by atoms with E-state index in [-0.39, 0.29) is 35.8 Å². The van der Waals surface area contributed by atoms with Gasteiger partial charge in [0.1, 0.15) is 22.8 Å². The van der Waals surface area contributed by atoms with E-state index in [1.54, 1.807) is 25.1 Å². The number of allylic oxidation sites excluding steroid dienone is 1. The topological polar surface area (TPSA) is 168 Å². The number of carbonyl (C=O) groups is 3. The zero-order valence-electron chi connectivity index (χ0n) is 23.6. The van der Waals surface area contributed by atoms with Crippen molar-refractivity contribution in [3.63, 3.8) is 0 Å². The predicted molar refractivity (Wildman–Crippen MR) is 147 cm³/mol. The summed E-state index contributed by atoms with van der Waals surface area (Å²) in [4.78, 5) is 45.5. The van der Waals surface area contributed by atoms with Crippen molar-refractivity contribution >= 4 is 23.2 Å². The van der Waals surface area contributed by atoms with E-state index >= 15 is 0 Å². The first-order chi connectivity index (χ1) is 18.8. The molecule has 1 saturated heterocycles. The first kappa shape index (κ1) is 28.1. The lowest BCUT2D eigenvalue weighted by Gasteiger charge is -2.50. The molecule has 0 aromatic heterocycles. The first-order valence-corrected chi connectivity index (χ1v) is 13.7. The number of nitrogens with two attached hydrogens (primary N) is 1. The van der Waals surface area contributed by atoms with Crippen molar-refractivity contribution in [1.29, 1.82) is 0 Å². The highest BCUT2D eigenvalue weighted by molar-refractivity contribution is 6.24. The first-order valence-electron chi connectivity index (χ1n) is 13.7. The number of benzene rings is 1. The highest BCUT2D eigenvalue weighted by Gasteiger charge is 2.63. The van der Waals surface area contributed by atoms with Crippen LogP contribution in [0, 0.1) is 11.8 Å². The molecule has 0 bridgehead atoms. The number of anilines is 1. The summed E-state index contributed by atoms with van der Waals surface area (Å²) in [5.74, 6) is -6.45. The minimum atomic E-state index is -2.64. The Morgan fingerprint density at radius 2 is 1.85 bits per heavy atom. The molecule has 3 aliphatic carbocycles. The minimum Gasteiger partial charge on any atom is -0.510 e. The maximum Gasteiger partial charge on any atom is 0.255 e. The number of aromatic hydroxyl groups is 1. The van der Waals surface area contributed by atoms with Crippen LogP contribution in [0.5, 0.6) is 5.75 Å². The molecule has 1 fully saturated rings. The minimum absolute atomic E-state index is 0.0364. The fourth-order valence-corrected chi connectivity index (χ4v) is 7.68. The summed E-state index contributed by atoms with van der Waals surface area (Å²) in [6.45, 7) is 3.89. The molecule has 1 aromatic carbocycles. The number of hydrogen-bond donors (Lipinski definition) is 5. The van der Waals surface area contributed by atoms with E-state index in [0.717, 1.165) is 37.2 Å². The number of phenols is 1. The number of carbonyl (C=O) groups excluding carboxylic acids is 3. The van der Waals surface area contributed by atoms with Gasteiger partial charge in [0.25, 0.3) is 5.91 Å². The highest BCUT2D eigenvalue weighted by Crippen LogP contribution is 2.54. The fourth-order valence-electron chi connectivity index (χ4n) is 7.68. The lowest BCUT2D eigenvalue weighted by molar-refractivity contribution is -0.148. The molecule has 11 nitrogen and oxygen atoms in total. The second kappa shape index (κ2) is 9.60. The molecular formula is C29H38N4O7. The van der Waals surface area contributed by atoms with Crippen molar-refractivity contribution in [2.45, 2.75) is 50.3 Å². The van der Waals surface area contributed by atoms with E-state index in [2.05, 4.69) is 11.8 Å². The molecule has 216 valence electrons. The summed E-state index contributed by atoms with van der Waals surface area (Å²) in [5.41, 5.74) is 4.26. The molecule has 4 aliphatic rings. The quantitative estimate of drug-likeness (QED) is 0.335. The summed E-state index contributed by atoms with van der Waals surface area (Å²) in [6, 6.07) is 0.692. The Morgan fingerprint density at radius 1 is 1.18 bits per heavy atom. The molecular weight excluding hydrogens is 516 g/mol. The third-order valence-corrected chi connectivity index (χ3v) is 9.30. The van der Waals surface area contributed by atoms with Gasteiger partial charge >= 0.3 is 0 Å². The number of primary amides is 1. The number of likely N-dealkylation sites (N-methyl/N-ethyl adjacent to an activating group) is 1. The molecule has 1 amide bonds. The summed E-state index contributed by atoms with van der Waals surface area (Å²) in [6.07, 6.45) is 2.28. The van der Waals surface area contributed by atoms with Crippen molar-refractivity contribution in [1.82, 2.24) is 9.80 Å². The van der Waals surface area contributed by atoms with Gasteiger partial charge in [0.05, 0.1) is 11.6 Å². The number of rotatable bonds is 5. The molecule has 0 radical (unpaired) electrons. The zero-order valence-corrected chi connectivity index (χ0v) is 23.6. The van der Waals surface area contributed by atoms with Crippen molar-refractivity contribution < 1.29 is 34.8 Å². The number of amides is 1. The standard InChI is InChI=1S/C29H38N4O7/c1-6-33-9-7-8-17(33)14-12-18(34)20-15(22(14)31(2)3)10-13-11-16-23(32(4)5)25(36)21(28(30)39)27(38)29(16,40)26(37)19(13)24(20)35/h12-13,16-17,23,34,36-37,40H,6-11H2,1-5H3,(H2,30,39)/t13-,16-,17?,23-,29-/m0/s1. The van der Waals surface area contributed by atoms with Gasteiger partial charge in [0.15, 0.2) is 11.4 Å². The number of aliphatic hydroxyl groups excluding tert-OH is 2. The number of hydrogen-bond acceptors (Lipinski definition) is 10. The second-order valence-corrected chi connectivity index (χ2v) is 11.8. The third-order valence-electron chi connectivity index (χ3n) is 9.30. The molecule has 5 atom stereocenters. The maximum absolute atomic E-state index is 14.0. The van der Waals surface area contributed by atoms with Crippen LogP contribution < -0.4 is 10.6 Å². The number of fused-ring (bicyclic) bond motifs is 3. The summed E-state index contributed by atoms with van der Waals surface area (Å²) < 4.78 is 0. The summed E-state index contributed by atoms with van der Waals surface area (Å²) >= 11 is 0. The molecule has 1 aromatic rings. The van der Waals surface area contributed by atoms with Gasteiger partial charge < -0.3 is 31.1 Å². The summed E-state index contributed by atoms with van der Waals surface area (Å²) in [7, 11) is 7.01. The van der Waals surface area contributed by atoms with Gasteiger partial charge in [-0.3, -0.25) is 24.2 Å². The van der Waals surface area contributed by atoms with Gasteiger partial charge in [0, 0.05) is 37.3 Å². The Morgan fingerprint density at radius 3 is 2.42 bits per heavy atom. The SMILES string of the molecule is CCN1CCCC1c1cc(O)c2c(c1N(C)C)C[C@H]1C[C@H]3[C@H](N(C)C)C(O)=C(C(N)=O)C(=O)[C@@]3(O)C(O)=C1C2=O. The van der Waals surface area contributed by atoms with Crippen LogP contribution in [0.4, 0.5) is 5.69 Å². The van der Waals surface area contributed by atoms with Crippen LogP contribution in [0.25, 0.3) is 0 Å². The van der Waals surface area contributed by atoms with E-state index in [1.165, 1.54) is 0 Å². The van der Waals surface area contributed by atoms with Gasteiger partial charge in [-0.15, -0.1) is 0 Å². The Hall–Kier alpha value is -3.41. The van der Waals surface area contributed by atoms with Crippen LogP contribution in [-0.4, -0.2) is 101 Å². The normalized spacial score (nSPS) is 30.5. The molecule has 0 saturated carbocycles. The number of phenolic OH excluding ortho intramolecular Hbond substituents is 1. The van der Waals surface area contributed by atoms with Crippen molar-refractivity contribution in [3.05, 3.63) is 45.4 Å². The second-order valence-electron chi connectivity index (χ2n) is 11.8. The lowest BCUT2D eigenvalue weighted by Crippen LogP contribution is -2.63. The molecule has 1 aliphatic heterocycles. The van der Waals surface area contributed by atoms with Crippen LogP contribution in [0.3, 0.4) is 0 Å². The number of Topliss-reactive ketones (excluding diaryl/α,β-unsaturated/α-hetero) is 2. The van der Waals surface area contributed by atoms with E-state index in [4.69, 9.17) is 5.73 Å². The van der Waals surface area contributed by atoms with Crippen LogP contribution in [0.1, 0.15) is 53.7 Å². The summed E-state index contributed by atoms with van der Waals surface area (Å²) in [5, 5.41) is 45.4. The predicted octanol–water partition coefficient (Wildman–Crippen LogP) is 1.34. The van der Waals surface area contributed by atoms with E-state index in [0.29, 0.717) is 5.56 Å². The van der Waals surface area contributed by atoms with Gasteiger partial charge in [-0.2, -0.15) is 0 Å². The maximum atomic E-state index is 14.0. The Kier molecular flexibility index (Phi) is 6.75. The number of ketones is 2. The number of likely N-dealkylation sites (tertiary alicyclic amines) is 1. The van der Waals surface area contributed by atoms with Crippen molar-refractivity contribution in [3.8, 4) is 5.75 Å². The molecule has 0 spiro atoms. The largest absolute Gasteiger partial charge is 0.510 e. The molecule has 5 rings (SSSR count). The zero-order chi connectivity index (χ0) is 29.4. The van der Waals surface area contributed by atoms with Crippen molar-refractivity contribution in [2.75, 3.05) is 46.2 Å². The van der Waals surface area contributed by atoms with Gasteiger partial charge in [-0.1, -0.05) is 6.92 Å². The Labute approximate surface area is 233 Å². The Balaban J connectivity index is 1.72. The highest BCUT2D eigenvalue weighted by atomic mass is 16.3. The molecule has 40 heavy (non-hydrogen) atoms. The van der Waals surface area contributed by atoms with Crippen molar-refractivity contribution in [2.24, 2.45) is 17.6 Å². The molecule has 1 unspecified atom stereocenters. The van der Waals surface area contributed by atoms with Gasteiger partial charge in [-0.25, -0.2) is 0 Å². The molecule has 11 heteroatoms. The number of nitrogens with zero attached hydrogens (tertiary/aromatic N) is 3. The number of aliphatic hydroxyl groups is 3. The van der Waals surface area contributed by atoms with Crippen LogP contribution >= 0.6 is 0 Å². The average Bonchev–Trinajstić information content (AvgIpc) is 3.34. The fraction of sp³-hybridized carbons (Fsp3) is 0.552. The third kappa shape index (κ3) is 3.71. The van der Waals surface area contributed by atoms with Gasteiger partial charge in [-0.05, 0) is 76.0 Å². The van der Waals surface area contributed by atoms with E-state index in [1.807, 2.05) is 19.0 Å². The smallest absolute Gasteiger partial charge is 0.255 e. The van der Waals surface area contributed by atoms with Gasteiger partial charge in [0.2, 0.25) is 5.78 Å². The molecule has 1 heterocycles.